The van der Waals surface area contributed by atoms with E-state index >= 15 is 0 Å². The summed E-state index contributed by atoms with van der Waals surface area (Å²) >= 11 is 1.78. The maximum Gasteiger partial charge on any atom is 0.0662 e. The van der Waals surface area contributed by atoms with Gasteiger partial charge in [-0.05, 0) is 49.9 Å². The van der Waals surface area contributed by atoms with Crippen molar-refractivity contribution >= 4 is 17.4 Å². The zero-order chi connectivity index (χ0) is 10.8. The third kappa shape index (κ3) is 2.47. The van der Waals surface area contributed by atoms with E-state index in [4.69, 9.17) is 5.73 Å². The van der Waals surface area contributed by atoms with Gasteiger partial charge < -0.3 is 10.8 Å². The largest absolute Gasteiger partial charge is 0.399 e. The summed E-state index contributed by atoms with van der Waals surface area (Å²) in [5.41, 5.74) is 7.72. The first kappa shape index (κ1) is 10.8. The first-order valence-corrected chi connectivity index (χ1v) is 6.25. The van der Waals surface area contributed by atoms with Crippen LogP contribution in [0.15, 0.2) is 23.1 Å². The second-order valence-electron chi connectivity index (χ2n) is 4.17. The molecule has 0 aromatic heterocycles. The minimum atomic E-state index is -0.132. The van der Waals surface area contributed by atoms with Crippen LogP contribution in [0.5, 0.6) is 0 Å². The van der Waals surface area contributed by atoms with Crippen LogP contribution in [0.2, 0.25) is 0 Å². The smallest absolute Gasteiger partial charge is 0.0662 e. The van der Waals surface area contributed by atoms with E-state index in [1.165, 1.54) is 4.90 Å². The zero-order valence-corrected chi connectivity index (χ0v) is 9.76. The molecule has 82 valence electrons. The van der Waals surface area contributed by atoms with Gasteiger partial charge in [-0.1, -0.05) is 0 Å². The summed E-state index contributed by atoms with van der Waals surface area (Å²) in [7, 11) is 0. The van der Waals surface area contributed by atoms with Crippen molar-refractivity contribution in [2.45, 2.75) is 42.4 Å². The lowest BCUT2D eigenvalue weighted by atomic mass is 10.2. The van der Waals surface area contributed by atoms with Gasteiger partial charge in [0, 0.05) is 15.8 Å². The van der Waals surface area contributed by atoms with Gasteiger partial charge in [-0.3, -0.25) is 0 Å². The monoisotopic (exact) mass is 223 g/mol. The van der Waals surface area contributed by atoms with Gasteiger partial charge in [-0.25, -0.2) is 0 Å². The number of aliphatic hydroxyl groups excluding tert-OH is 1. The predicted octanol–water partition coefficient (Wildman–Crippen LogP) is 2.58. The standard InChI is InChI=1S/C12H17NOS/c1-8-7-9(5-6-10(8)13)15-12-4-2-3-11(12)14/h5-7,11-12,14H,2-4,13H2,1H3. The summed E-state index contributed by atoms with van der Waals surface area (Å²) in [6.07, 6.45) is 3.08. The molecule has 2 rings (SSSR count). The number of nitrogens with two attached hydrogens (primary N) is 1. The molecule has 2 atom stereocenters. The van der Waals surface area contributed by atoms with Gasteiger partial charge in [0.1, 0.15) is 0 Å². The SMILES string of the molecule is Cc1cc(SC2CCCC2O)ccc1N. The summed E-state index contributed by atoms with van der Waals surface area (Å²) in [5, 5.41) is 10.1. The summed E-state index contributed by atoms with van der Waals surface area (Å²) in [5.74, 6) is 0. The Balaban J connectivity index is 2.07. The molecule has 2 nitrogen and oxygen atoms in total. The molecule has 1 aliphatic carbocycles. The van der Waals surface area contributed by atoms with Crippen molar-refractivity contribution in [2.24, 2.45) is 0 Å². The van der Waals surface area contributed by atoms with E-state index in [1.807, 2.05) is 19.1 Å². The fraction of sp³-hybridized carbons (Fsp3) is 0.500. The highest BCUT2D eigenvalue weighted by atomic mass is 32.2. The van der Waals surface area contributed by atoms with Gasteiger partial charge in [-0.2, -0.15) is 0 Å². The number of aryl methyl sites for hydroxylation is 1. The molecule has 3 heteroatoms. The average Bonchev–Trinajstić information content (AvgIpc) is 2.59. The van der Waals surface area contributed by atoms with E-state index in [-0.39, 0.29) is 6.10 Å². The number of benzene rings is 1. The molecule has 1 aromatic carbocycles. The van der Waals surface area contributed by atoms with Crippen LogP contribution in [-0.4, -0.2) is 16.5 Å². The Morgan fingerprint density at radius 3 is 2.80 bits per heavy atom. The summed E-state index contributed by atoms with van der Waals surface area (Å²) in [6, 6.07) is 6.09. The topological polar surface area (TPSA) is 46.2 Å². The molecule has 0 heterocycles. The highest BCUT2D eigenvalue weighted by molar-refractivity contribution is 8.00. The maximum absolute atomic E-state index is 9.73. The van der Waals surface area contributed by atoms with Crippen LogP contribution < -0.4 is 5.73 Å². The molecule has 1 aromatic rings. The Kier molecular flexibility index (Phi) is 3.22. The van der Waals surface area contributed by atoms with Gasteiger partial charge in [0.15, 0.2) is 0 Å². The fourth-order valence-electron chi connectivity index (χ4n) is 1.94. The molecule has 0 aliphatic heterocycles. The van der Waals surface area contributed by atoms with Crippen LogP contribution in [-0.2, 0) is 0 Å². The number of hydrogen-bond donors (Lipinski definition) is 2. The summed E-state index contributed by atoms with van der Waals surface area (Å²) < 4.78 is 0. The van der Waals surface area contributed by atoms with Gasteiger partial charge in [0.25, 0.3) is 0 Å². The van der Waals surface area contributed by atoms with Crippen LogP contribution in [0.3, 0.4) is 0 Å². The van der Waals surface area contributed by atoms with E-state index in [0.29, 0.717) is 5.25 Å². The molecule has 0 amide bonds. The normalized spacial score (nSPS) is 25.7. The van der Waals surface area contributed by atoms with Crippen molar-refractivity contribution in [2.75, 3.05) is 5.73 Å². The molecular formula is C12H17NOS. The van der Waals surface area contributed by atoms with Gasteiger partial charge in [0.05, 0.1) is 6.10 Å². The number of nitrogen functional groups attached to an aromatic ring is 1. The van der Waals surface area contributed by atoms with Crippen LogP contribution >= 0.6 is 11.8 Å². The Morgan fingerprint density at radius 1 is 1.40 bits per heavy atom. The number of anilines is 1. The van der Waals surface area contributed by atoms with E-state index in [9.17, 15) is 5.11 Å². The Hall–Kier alpha value is -0.670. The average molecular weight is 223 g/mol. The molecule has 0 saturated heterocycles. The lowest BCUT2D eigenvalue weighted by Gasteiger charge is -2.14. The molecule has 1 saturated carbocycles. The van der Waals surface area contributed by atoms with Gasteiger partial charge in [0.2, 0.25) is 0 Å². The number of thioether (sulfide) groups is 1. The van der Waals surface area contributed by atoms with Crippen molar-refractivity contribution in [1.29, 1.82) is 0 Å². The van der Waals surface area contributed by atoms with E-state index < -0.39 is 0 Å². The second-order valence-corrected chi connectivity index (χ2v) is 5.49. The van der Waals surface area contributed by atoms with Crippen LogP contribution in [0.25, 0.3) is 0 Å². The quantitative estimate of drug-likeness (QED) is 0.758. The van der Waals surface area contributed by atoms with Gasteiger partial charge in [-0.15, -0.1) is 11.8 Å². The fourth-order valence-corrected chi connectivity index (χ4v) is 3.26. The maximum atomic E-state index is 9.73. The molecule has 15 heavy (non-hydrogen) atoms. The number of aliphatic hydroxyl groups is 1. The van der Waals surface area contributed by atoms with Crippen molar-refractivity contribution in [3.63, 3.8) is 0 Å². The third-order valence-electron chi connectivity index (χ3n) is 2.95. The number of rotatable bonds is 2. The van der Waals surface area contributed by atoms with Gasteiger partial charge >= 0.3 is 0 Å². The van der Waals surface area contributed by atoms with E-state index in [2.05, 4.69) is 6.07 Å². The summed E-state index contributed by atoms with van der Waals surface area (Å²) in [6.45, 7) is 2.02. The predicted molar refractivity (Wildman–Crippen MR) is 65.1 cm³/mol. The lowest BCUT2D eigenvalue weighted by Crippen LogP contribution is -2.14. The Labute approximate surface area is 94.9 Å². The minimum Gasteiger partial charge on any atom is -0.399 e. The minimum absolute atomic E-state index is 0.132. The first-order chi connectivity index (χ1) is 7.16. The van der Waals surface area contributed by atoms with Crippen molar-refractivity contribution < 1.29 is 5.11 Å². The molecular weight excluding hydrogens is 206 g/mol. The number of hydrogen-bond acceptors (Lipinski definition) is 3. The van der Waals surface area contributed by atoms with Crippen molar-refractivity contribution in [3.05, 3.63) is 23.8 Å². The summed E-state index contributed by atoms with van der Waals surface area (Å²) in [4.78, 5) is 1.22. The molecule has 0 bridgehead atoms. The van der Waals surface area contributed by atoms with Crippen LogP contribution in [0.1, 0.15) is 24.8 Å². The van der Waals surface area contributed by atoms with Crippen LogP contribution in [0.4, 0.5) is 5.69 Å². The second kappa shape index (κ2) is 4.45. The lowest BCUT2D eigenvalue weighted by molar-refractivity contribution is 0.188. The Morgan fingerprint density at radius 2 is 2.20 bits per heavy atom. The van der Waals surface area contributed by atoms with Crippen LogP contribution in [0, 0.1) is 6.92 Å². The molecule has 0 spiro atoms. The highest BCUT2D eigenvalue weighted by Crippen LogP contribution is 2.35. The van der Waals surface area contributed by atoms with Crippen molar-refractivity contribution in [1.82, 2.24) is 0 Å². The van der Waals surface area contributed by atoms with E-state index in [1.54, 1.807) is 11.8 Å². The molecule has 1 fully saturated rings. The molecule has 0 radical (unpaired) electrons. The van der Waals surface area contributed by atoms with Crippen molar-refractivity contribution in [3.8, 4) is 0 Å². The zero-order valence-electron chi connectivity index (χ0n) is 8.94. The highest BCUT2D eigenvalue weighted by Gasteiger charge is 2.25. The van der Waals surface area contributed by atoms with E-state index in [0.717, 1.165) is 30.5 Å². The molecule has 1 aliphatic rings. The third-order valence-corrected chi connectivity index (χ3v) is 4.33. The first-order valence-electron chi connectivity index (χ1n) is 5.37. The molecule has 2 unspecified atom stereocenters. The molecule has 3 N–H and O–H groups in total. The Bertz CT molecular complexity index is 353.